The number of hydrogen-bond donors (Lipinski definition) is 1. The van der Waals surface area contributed by atoms with Crippen molar-refractivity contribution in [1.29, 1.82) is 0 Å². The Morgan fingerprint density at radius 1 is 1.22 bits per heavy atom. The summed E-state index contributed by atoms with van der Waals surface area (Å²) in [5.41, 5.74) is 8.82. The molecule has 2 N–H and O–H groups in total. The first-order chi connectivity index (χ1) is 8.49. The second-order valence-corrected chi connectivity index (χ2v) is 6.47. The molecule has 0 aromatic heterocycles. The smallest absolute Gasteiger partial charge is 0.0435 e. The predicted molar refractivity (Wildman–Crippen MR) is 78.8 cm³/mol. The van der Waals surface area contributed by atoms with Gasteiger partial charge < -0.3 is 5.73 Å². The molecule has 1 nitrogen and oxygen atoms in total. The highest BCUT2D eigenvalue weighted by Gasteiger charge is 2.29. The molecule has 100 valence electrons. The van der Waals surface area contributed by atoms with Crippen LogP contribution in [0, 0.1) is 24.7 Å². The lowest BCUT2D eigenvalue weighted by atomic mass is 9.72. The van der Waals surface area contributed by atoms with Crippen LogP contribution in [0.5, 0.6) is 0 Å². The molecule has 0 heterocycles. The largest absolute Gasteiger partial charge is 0.324 e. The van der Waals surface area contributed by atoms with Crippen molar-refractivity contribution in [2.75, 3.05) is 0 Å². The van der Waals surface area contributed by atoms with Crippen molar-refractivity contribution in [3.05, 3.63) is 34.3 Å². The maximum absolute atomic E-state index is 6.45. The lowest BCUT2D eigenvalue weighted by Gasteiger charge is -2.35. The fraction of sp³-hybridized carbons (Fsp3) is 0.625. The summed E-state index contributed by atoms with van der Waals surface area (Å²) >= 11 is 6.07. The van der Waals surface area contributed by atoms with Gasteiger partial charge in [-0.2, -0.15) is 0 Å². The Balaban J connectivity index is 2.11. The first kappa shape index (κ1) is 13.9. The van der Waals surface area contributed by atoms with Gasteiger partial charge in [0.05, 0.1) is 0 Å². The molecular formula is C16H24ClN. The van der Waals surface area contributed by atoms with Crippen molar-refractivity contribution < 1.29 is 0 Å². The zero-order valence-electron chi connectivity index (χ0n) is 11.6. The van der Waals surface area contributed by atoms with Crippen LogP contribution in [0.4, 0.5) is 0 Å². The van der Waals surface area contributed by atoms with Gasteiger partial charge in [-0.3, -0.25) is 0 Å². The van der Waals surface area contributed by atoms with E-state index in [1.807, 2.05) is 13.0 Å². The van der Waals surface area contributed by atoms with Gasteiger partial charge in [0, 0.05) is 11.1 Å². The summed E-state index contributed by atoms with van der Waals surface area (Å²) < 4.78 is 0. The molecule has 2 heteroatoms. The van der Waals surface area contributed by atoms with E-state index in [-0.39, 0.29) is 6.04 Å². The molecule has 1 aliphatic carbocycles. The van der Waals surface area contributed by atoms with Gasteiger partial charge >= 0.3 is 0 Å². The topological polar surface area (TPSA) is 26.0 Å². The molecular weight excluding hydrogens is 242 g/mol. The normalized spacial score (nSPS) is 30.2. The molecule has 1 saturated carbocycles. The number of benzene rings is 1. The summed E-state index contributed by atoms with van der Waals surface area (Å²) in [7, 11) is 0. The summed E-state index contributed by atoms with van der Waals surface area (Å²) in [5, 5.41) is 0.830. The van der Waals surface area contributed by atoms with Crippen LogP contribution in [0.3, 0.4) is 0 Å². The fourth-order valence-corrected chi connectivity index (χ4v) is 3.18. The molecule has 0 radical (unpaired) electrons. The van der Waals surface area contributed by atoms with Crippen LogP contribution in [0.15, 0.2) is 18.2 Å². The van der Waals surface area contributed by atoms with Crippen molar-refractivity contribution in [2.45, 2.75) is 46.1 Å². The summed E-state index contributed by atoms with van der Waals surface area (Å²) in [6, 6.07) is 6.37. The molecule has 0 spiro atoms. The first-order valence-corrected chi connectivity index (χ1v) is 7.38. The standard InChI is InChI=1S/C16H24ClN/c1-10-4-5-13(8-11(10)2)16(18)14-6-7-15(17)12(3)9-14/h6-7,9-11,13,16H,4-5,8,18H2,1-3H3. The third-order valence-corrected chi connectivity index (χ3v) is 5.14. The Labute approximate surface area is 116 Å². The molecule has 1 fully saturated rings. The second kappa shape index (κ2) is 5.63. The van der Waals surface area contributed by atoms with Gasteiger partial charge in [-0.1, -0.05) is 44.0 Å². The summed E-state index contributed by atoms with van der Waals surface area (Å²) in [5.74, 6) is 2.26. The summed E-state index contributed by atoms with van der Waals surface area (Å²) in [6.07, 6.45) is 3.82. The van der Waals surface area contributed by atoms with E-state index in [9.17, 15) is 0 Å². The highest BCUT2D eigenvalue weighted by molar-refractivity contribution is 6.31. The Bertz CT molecular complexity index is 416. The Morgan fingerprint density at radius 3 is 2.56 bits per heavy atom. The molecule has 0 saturated heterocycles. The van der Waals surface area contributed by atoms with E-state index in [0.717, 1.165) is 22.4 Å². The van der Waals surface area contributed by atoms with Crippen LogP contribution < -0.4 is 5.73 Å². The first-order valence-electron chi connectivity index (χ1n) is 7.00. The van der Waals surface area contributed by atoms with Gasteiger partial charge in [0.2, 0.25) is 0 Å². The molecule has 1 aromatic rings. The number of rotatable bonds is 2. The van der Waals surface area contributed by atoms with Crippen molar-refractivity contribution in [3.63, 3.8) is 0 Å². The zero-order chi connectivity index (χ0) is 13.3. The Kier molecular flexibility index (Phi) is 4.34. The van der Waals surface area contributed by atoms with Crippen LogP contribution in [-0.4, -0.2) is 0 Å². The van der Waals surface area contributed by atoms with Gasteiger partial charge in [-0.25, -0.2) is 0 Å². The number of halogens is 1. The summed E-state index contributed by atoms with van der Waals surface area (Å²) in [4.78, 5) is 0. The SMILES string of the molecule is Cc1cc(C(N)C2CCC(C)C(C)C2)ccc1Cl. The highest BCUT2D eigenvalue weighted by atomic mass is 35.5. The van der Waals surface area contributed by atoms with Gasteiger partial charge in [0.15, 0.2) is 0 Å². The molecule has 0 amide bonds. The Hall–Kier alpha value is -0.530. The molecule has 1 aromatic carbocycles. The van der Waals surface area contributed by atoms with E-state index < -0.39 is 0 Å². The molecule has 4 unspecified atom stereocenters. The lowest BCUT2D eigenvalue weighted by Crippen LogP contribution is -2.29. The van der Waals surface area contributed by atoms with E-state index in [0.29, 0.717) is 5.92 Å². The molecule has 2 rings (SSSR count). The average Bonchev–Trinajstić information content (AvgIpc) is 2.35. The number of nitrogens with two attached hydrogens (primary N) is 1. The highest BCUT2D eigenvalue weighted by Crippen LogP contribution is 2.39. The zero-order valence-corrected chi connectivity index (χ0v) is 12.4. The van der Waals surface area contributed by atoms with Crippen LogP contribution in [0.2, 0.25) is 5.02 Å². The third kappa shape index (κ3) is 2.89. The van der Waals surface area contributed by atoms with E-state index in [1.165, 1.54) is 24.8 Å². The second-order valence-electron chi connectivity index (χ2n) is 6.06. The maximum Gasteiger partial charge on any atom is 0.0435 e. The minimum absolute atomic E-state index is 0.163. The van der Waals surface area contributed by atoms with Crippen molar-refractivity contribution in [2.24, 2.45) is 23.5 Å². The van der Waals surface area contributed by atoms with E-state index >= 15 is 0 Å². The van der Waals surface area contributed by atoms with Gasteiger partial charge in [0.25, 0.3) is 0 Å². The van der Waals surface area contributed by atoms with Gasteiger partial charge in [0.1, 0.15) is 0 Å². The summed E-state index contributed by atoms with van der Waals surface area (Å²) in [6.45, 7) is 6.76. The average molecular weight is 266 g/mol. The molecule has 0 bridgehead atoms. The van der Waals surface area contributed by atoms with E-state index in [2.05, 4.69) is 26.0 Å². The molecule has 0 aliphatic heterocycles. The number of aryl methyl sites for hydroxylation is 1. The van der Waals surface area contributed by atoms with E-state index in [1.54, 1.807) is 0 Å². The third-order valence-electron chi connectivity index (χ3n) is 4.71. The van der Waals surface area contributed by atoms with Crippen molar-refractivity contribution in [3.8, 4) is 0 Å². The minimum atomic E-state index is 0.163. The van der Waals surface area contributed by atoms with Crippen LogP contribution >= 0.6 is 11.6 Å². The van der Waals surface area contributed by atoms with Crippen molar-refractivity contribution in [1.82, 2.24) is 0 Å². The fourth-order valence-electron chi connectivity index (χ4n) is 3.06. The monoisotopic (exact) mass is 265 g/mol. The van der Waals surface area contributed by atoms with Crippen LogP contribution in [-0.2, 0) is 0 Å². The quantitative estimate of drug-likeness (QED) is 0.823. The number of hydrogen-bond acceptors (Lipinski definition) is 1. The molecule has 4 atom stereocenters. The van der Waals surface area contributed by atoms with Gasteiger partial charge in [-0.15, -0.1) is 0 Å². The molecule has 1 aliphatic rings. The predicted octanol–water partition coefficient (Wildman–Crippen LogP) is 4.72. The lowest BCUT2D eigenvalue weighted by molar-refractivity contribution is 0.186. The van der Waals surface area contributed by atoms with Crippen molar-refractivity contribution >= 4 is 11.6 Å². The molecule has 18 heavy (non-hydrogen) atoms. The maximum atomic E-state index is 6.45. The van der Waals surface area contributed by atoms with E-state index in [4.69, 9.17) is 17.3 Å². The van der Waals surface area contributed by atoms with Crippen LogP contribution in [0.25, 0.3) is 0 Å². The van der Waals surface area contributed by atoms with Gasteiger partial charge in [-0.05, 0) is 54.7 Å². The van der Waals surface area contributed by atoms with Crippen LogP contribution in [0.1, 0.15) is 50.3 Å². The Morgan fingerprint density at radius 2 is 1.94 bits per heavy atom. The minimum Gasteiger partial charge on any atom is -0.324 e.